The van der Waals surface area contributed by atoms with Gasteiger partial charge in [0.2, 0.25) is 0 Å². The molecule has 2 aromatic rings. The summed E-state index contributed by atoms with van der Waals surface area (Å²) in [5, 5.41) is 10.4. The minimum Gasteiger partial charge on any atom is -0.302 e. The quantitative estimate of drug-likeness (QED) is 0.797. The molecule has 1 atom stereocenters. The summed E-state index contributed by atoms with van der Waals surface area (Å²) in [6.07, 6.45) is 3.41. The van der Waals surface area contributed by atoms with Gasteiger partial charge in [-0.05, 0) is 12.0 Å². The molecule has 0 spiro atoms. The molecule has 1 aliphatic rings. The van der Waals surface area contributed by atoms with Crippen LogP contribution in [-0.4, -0.2) is 20.3 Å². The molecule has 0 unspecified atom stereocenters. The zero-order valence-electron chi connectivity index (χ0n) is 14.3. The van der Waals surface area contributed by atoms with Crippen molar-refractivity contribution in [1.29, 1.82) is 5.26 Å². The molecule has 2 aromatic heterocycles. The Bertz CT molecular complexity index is 872. The second-order valence-corrected chi connectivity index (χ2v) is 8.30. The van der Waals surface area contributed by atoms with Gasteiger partial charge in [0.15, 0.2) is 0 Å². The molecule has 0 saturated carbocycles. The number of aromatic nitrogens is 3. The molecule has 0 aromatic carbocycles. The van der Waals surface area contributed by atoms with E-state index < -0.39 is 0 Å². The highest BCUT2D eigenvalue weighted by atomic mass is 32.2. The van der Waals surface area contributed by atoms with Gasteiger partial charge in [-0.25, -0.2) is 9.97 Å². The van der Waals surface area contributed by atoms with Crippen molar-refractivity contribution in [3.05, 3.63) is 40.2 Å². The second-order valence-electron chi connectivity index (χ2n) is 7.26. The van der Waals surface area contributed by atoms with Gasteiger partial charge in [-0.1, -0.05) is 27.7 Å². The number of nitrogens with zero attached hydrogens (tertiary/aromatic N) is 4. The fourth-order valence-corrected chi connectivity index (χ4v) is 3.77. The van der Waals surface area contributed by atoms with E-state index in [0.717, 1.165) is 16.6 Å². The van der Waals surface area contributed by atoms with E-state index in [1.807, 2.05) is 26.8 Å². The van der Waals surface area contributed by atoms with Gasteiger partial charge in [0.25, 0.3) is 5.56 Å². The molecule has 1 aliphatic heterocycles. The Morgan fingerprint density at radius 2 is 2.00 bits per heavy atom. The van der Waals surface area contributed by atoms with E-state index in [0.29, 0.717) is 23.6 Å². The van der Waals surface area contributed by atoms with Crippen molar-refractivity contribution >= 4 is 11.8 Å². The molecule has 0 bridgehead atoms. The molecule has 6 heteroatoms. The molecular weight excluding hydrogens is 320 g/mol. The van der Waals surface area contributed by atoms with Crippen molar-refractivity contribution in [3.8, 4) is 17.2 Å². The van der Waals surface area contributed by atoms with Crippen LogP contribution in [0.25, 0.3) is 11.1 Å². The van der Waals surface area contributed by atoms with E-state index in [-0.39, 0.29) is 16.5 Å². The first-order chi connectivity index (χ1) is 11.3. The molecule has 0 N–H and O–H groups in total. The van der Waals surface area contributed by atoms with Crippen molar-refractivity contribution in [1.82, 2.24) is 14.5 Å². The third kappa shape index (κ3) is 2.96. The first-order valence-corrected chi connectivity index (χ1v) is 8.93. The number of fused-ring (bicyclic) bond motifs is 1. The molecule has 124 valence electrons. The summed E-state index contributed by atoms with van der Waals surface area (Å²) in [7, 11) is 0. The Balaban J connectivity index is 2.14. The maximum atomic E-state index is 12.7. The van der Waals surface area contributed by atoms with Gasteiger partial charge in [0, 0.05) is 41.2 Å². The Morgan fingerprint density at radius 3 is 2.58 bits per heavy atom. The molecule has 5 nitrogen and oxygen atoms in total. The van der Waals surface area contributed by atoms with E-state index in [1.54, 1.807) is 28.7 Å². The molecular formula is C18H20N4OS. The smallest absolute Gasteiger partial charge is 0.269 e. The van der Waals surface area contributed by atoms with E-state index in [4.69, 9.17) is 0 Å². The van der Waals surface area contributed by atoms with Crippen LogP contribution < -0.4 is 5.56 Å². The Hall–Kier alpha value is -2.13. The minimum atomic E-state index is -0.219. The number of rotatable bonds is 1. The van der Waals surface area contributed by atoms with Gasteiger partial charge in [-0.15, -0.1) is 11.8 Å². The highest BCUT2D eigenvalue weighted by Crippen LogP contribution is 2.31. The lowest BCUT2D eigenvalue weighted by Gasteiger charge is -2.24. The van der Waals surface area contributed by atoms with Crippen LogP contribution in [0.4, 0.5) is 0 Å². The first-order valence-electron chi connectivity index (χ1n) is 7.95. The third-order valence-corrected chi connectivity index (χ3v) is 5.39. The third-order valence-electron chi connectivity index (χ3n) is 4.02. The van der Waals surface area contributed by atoms with Gasteiger partial charge < -0.3 is 4.57 Å². The molecule has 24 heavy (non-hydrogen) atoms. The van der Waals surface area contributed by atoms with Gasteiger partial charge >= 0.3 is 0 Å². The largest absolute Gasteiger partial charge is 0.302 e. The number of pyridine rings is 1. The average molecular weight is 340 g/mol. The highest BCUT2D eigenvalue weighted by molar-refractivity contribution is 7.99. The summed E-state index contributed by atoms with van der Waals surface area (Å²) in [6.45, 7) is 8.92. The van der Waals surface area contributed by atoms with Crippen LogP contribution in [0.15, 0.2) is 28.3 Å². The summed E-state index contributed by atoms with van der Waals surface area (Å²) in [5.74, 6) is 2.14. The van der Waals surface area contributed by atoms with Crippen LogP contribution in [0.1, 0.15) is 39.1 Å². The van der Waals surface area contributed by atoms with E-state index in [9.17, 15) is 10.1 Å². The Labute approximate surface area is 145 Å². The Kier molecular flexibility index (Phi) is 4.22. The van der Waals surface area contributed by atoms with Crippen LogP contribution in [0, 0.1) is 17.2 Å². The first kappa shape index (κ1) is 16.7. The lowest BCUT2D eigenvalue weighted by atomic mass is 9.95. The summed E-state index contributed by atoms with van der Waals surface area (Å²) in [6, 6.07) is 4.00. The van der Waals surface area contributed by atoms with Crippen molar-refractivity contribution < 1.29 is 0 Å². The van der Waals surface area contributed by atoms with Crippen LogP contribution in [0.2, 0.25) is 0 Å². The predicted molar refractivity (Wildman–Crippen MR) is 95.0 cm³/mol. The molecule has 0 amide bonds. The maximum Gasteiger partial charge on any atom is 0.269 e. The van der Waals surface area contributed by atoms with Gasteiger partial charge in [-0.3, -0.25) is 4.79 Å². The fourth-order valence-electron chi connectivity index (χ4n) is 2.70. The fraction of sp³-hybridized carbons (Fsp3) is 0.444. The molecule has 3 rings (SSSR count). The standard InChI is InChI=1S/C18H20N4OS/c1-11-9-22-15(24-10-11)5-13(14(6-19)16(22)23)12-7-20-17(21-8-12)18(2,3)4/h5,7-8,11H,9-10H2,1-4H3/t11-/m0/s1. The van der Waals surface area contributed by atoms with Gasteiger partial charge in [0.1, 0.15) is 17.5 Å². The summed E-state index contributed by atoms with van der Waals surface area (Å²) in [4.78, 5) is 21.5. The van der Waals surface area contributed by atoms with E-state index in [2.05, 4.69) is 23.0 Å². The van der Waals surface area contributed by atoms with Crippen molar-refractivity contribution in [2.45, 2.75) is 44.7 Å². The van der Waals surface area contributed by atoms with E-state index >= 15 is 0 Å². The molecule has 3 heterocycles. The SMILES string of the molecule is C[C@@H]1CSc2cc(-c3cnc(C(C)(C)C)nc3)c(C#N)c(=O)n2C1. The number of nitriles is 1. The number of hydrogen-bond donors (Lipinski definition) is 0. The van der Waals surface area contributed by atoms with Crippen molar-refractivity contribution in [2.24, 2.45) is 5.92 Å². The van der Waals surface area contributed by atoms with Crippen LogP contribution in [0.3, 0.4) is 0 Å². The van der Waals surface area contributed by atoms with Crippen molar-refractivity contribution in [2.75, 3.05) is 5.75 Å². The second kappa shape index (κ2) is 6.06. The summed E-state index contributed by atoms with van der Waals surface area (Å²) in [5.41, 5.74) is 1.14. The number of hydrogen-bond acceptors (Lipinski definition) is 5. The molecule has 0 fully saturated rings. The van der Waals surface area contributed by atoms with Crippen LogP contribution >= 0.6 is 11.8 Å². The lowest BCUT2D eigenvalue weighted by Crippen LogP contribution is -2.30. The lowest BCUT2D eigenvalue weighted by molar-refractivity contribution is 0.474. The topological polar surface area (TPSA) is 71.6 Å². The highest BCUT2D eigenvalue weighted by Gasteiger charge is 2.23. The Morgan fingerprint density at radius 1 is 1.33 bits per heavy atom. The molecule has 0 saturated heterocycles. The van der Waals surface area contributed by atoms with E-state index in [1.165, 1.54) is 0 Å². The molecule has 0 aliphatic carbocycles. The summed E-state index contributed by atoms with van der Waals surface area (Å²) >= 11 is 1.66. The van der Waals surface area contributed by atoms with Gasteiger partial charge in [-0.2, -0.15) is 5.26 Å². The zero-order valence-corrected chi connectivity index (χ0v) is 15.1. The average Bonchev–Trinajstić information content (AvgIpc) is 2.54. The maximum absolute atomic E-state index is 12.7. The van der Waals surface area contributed by atoms with Gasteiger partial charge in [0.05, 0.1) is 5.03 Å². The van der Waals surface area contributed by atoms with Crippen LogP contribution in [-0.2, 0) is 12.0 Å². The monoisotopic (exact) mass is 340 g/mol. The van der Waals surface area contributed by atoms with Crippen LogP contribution in [0.5, 0.6) is 0 Å². The summed E-state index contributed by atoms with van der Waals surface area (Å²) < 4.78 is 1.71. The zero-order chi connectivity index (χ0) is 17.5. The molecule has 0 radical (unpaired) electrons. The predicted octanol–water partition coefficient (Wildman–Crippen LogP) is 3.22. The minimum absolute atomic E-state index is 0.141. The normalized spacial score (nSPS) is 17.2. The van der Waals surface area contributed by atoms with Crippen molar-refractivity contribution in [3.63, 3.8) is 0 Å². The number of thioether (sulfide) groups is 1.